The smallest absolute Gasteiger partial charge is 0.249 e. The maximum Gasteiger partial charge on any atom is 0.249 e. The van der Waals surface area contributed by atoms with E-state index < -0.39 is 0 Å². The van der Waals surface area contributed by atoms with E-state index in [2.05, 4.69) is 30.1 Å². The standard InChI is InChI=1S/C14H16N4OS/c1-9-8-11(10(2)20-9)12-4-5-14(19)18(16-12)13-6-7-15-17(13)3/h6-8H,4-5H2,1-3H3. The van der Waals surface area contributed by atoms with Crippen molar-refractivity contribution < 1.29 is 4.79 Å². The summed E-state index contributed by atoms with van der Waals surface area (Å²) in [6, 6.07) is 3.95. The van der Waals surface area contributed by atoms with E-state index in [1.165, 1.54) is 14.8 Å². The first-order chi connectivity index (χ1) is 9.56. The highest BCUT2D eigenvalue weighted by Crippen LogP contribution is 2.26. The second-order valence-corrected chi connectivity index (χ2v) is 6.35. The van der Waals surface area contributed by atoms with Crippen molar-refractivity contribution in [2.24, 2.45) is 12.1 Å². The molecule has 0 saturated heterocycles. The molecule has 0 fully saturated rings. The molecule has 0 saturated carbocycles. The fourth-order valence-electron chi connectivity index (χ4n) is 2.42. The summed E-state index contributed by atoms with van der Waals surface area (Å²) in [4.78, 5) is 14.6. The molecule has 0 aromatic carbocycles. The van der Waals surface area contributed by atoms with Crippen molar-refractivity contribution in [3.63, 3.8) is 0 Å². The van der Waals surface area contributed by atoms with Crippen molar-refractivity contribution >= 4 is 28.8 Å². The molecule has 20 heavy (non-hydrogen) atoms. The molecule has 0 unspecified atom stereocenters. The molecular weight excluding hydrogens is 272 g/mol. The molecule has 6 heteroatoms. The topological polar surface area (TPSA) is 50.5 Å². The van der Waals surface area contributed by atoms with Gasteiger partial charge in [-0.05, 0) is 19.9 Å². The van der Waals surface area contributed by atoms with Crippen molar-refractivity contribution in [2.45, 2.75) is 26.7 Å². The van der Waals surface area contributed by atoms with Crippen LogP contribution in [0.3, 0.4) is 0 Å². The molecule has 0 N–H and O–H groups in total. The number of carbonyl (C=O) groups excluding carboxylic acids is 1. The van der Waals surface area contributed by atoms with Gasteiger partial charge in [0.1, 0.15) is 0 Å². The zero-order valence-corrected chi connectivity index (χ0v) is 12.6. The van der Waals surface area contributed by atoms with E-state index in [9.17, 15) is 4.79 Å². The number of hydrogen-bond acceptors (Lipinski definition) is 4. The molecule has 2 aromatic heterocycles. The Kier molecular flexibility index (Phi) is 3.17. The molecule has 104 valence electrons. The minimum Gasteiger partial charge on any atom is -0.272 e. The van der Waals surface area contributed by atoms with E-state index >= 15 is 0 Å². The summed E-state index contributed by atoms with van der Waals surface area (Å²) in [6.07, 6.45) is 2.86. The van der Waals surface area contributed by atoms with E-state index in [4.69, 9.17) is 0 Å². The molecule has 1 aliphatic rings. The third kappa shape index (κ3) is 2.16. The predicted molar refractivity (Wildman–Crippen MR) is 80.3 cm³/mol. The second kappa shape index (κ2) is 4.86. The van der Waals surface area contributed by atoms with Gasteiger partial charge in [0.05, 0.1) is 11.9 Å². The number of nitrogens with zero attached hydrogens (tertiary/aromatic N) is 4. The van der Waals surface area contributed by atoms with Crippen molar-refractivity contribution in [1.82, 2.24) is 9.78 Å². The average molecular weight is 288 g/mol. The second-order valence-electron chi connectivity index (χ2n) is 4.89. The highest BCUT2D eigenvalue weighted by molar-refractivity contribution is 7.12. The first kappa shape index (κ1) is 13.1. The molecule has 0 spiro atoms. The SMILES string of the molecule is Cc1cc(C2=NN(c3ccnn3C)C(=O)CC2)c(C)s1. The Labute approximate surface area is 121 Å². The largest absolute Gasteiger partial charge is 0.272 e. The van der Waals surface area contributed by atoms with Gasteiger partial charge in [-0.25, -0.2) is 0 Å². The number of aryl methyl sites for hydroxylation is 3. The summed E-state index contributed by atoms with van der Waals surface area (Å²) in [5, 5.41) is 10.1. The van der Waals surface area contributed by atoms with Crippen LogP contribution in [0, 0.1) is 13.8 Å². The normalized spacial score (nSPS) is 15.7. The minimum absolute atomic E-state index is 0.0157. The van der Waals surface area contributed by atoms with Crippen LogP contribution < -0.4 is 5.01 Å². The monoisotopic (exact) mass is 288 g/mol. The molecule has 1 amide bonds. The first-order valence-corrected chi connectivity index (χ1v) is 7.34. The van der Waals surface area contributed by atoms with Gasteiger partial charge in [-0.3, -0.25) is 9.48 Å². The van der Waals surface area contributed by atoms with Crippen molar-refractivity contribution in [3.05, 3.63) is 33.6 Å². The summed E-state index contributed by atoms with van der Waals surface area (Å²) in [5.41, 5.74) is 2.14. The van der Waals surface area contributed by atoms with Gasteiger partial charge >= 0.3 is 0 Å². The molecule has 3 heterocycles. The predicted octanol–water partition coefficient (Wildman–Crippen LogP) is 2.63. The van der Waals surface area contributed by atoms with Gasteiger partial charge in [-0.1, -0.05) is 0 Å². The highest BCUT2D eigenvalue weighted by Gasteiger charge is 2.25. The summed E-state index contributed by atoms with van der Waals surface area (Å²) in [7, 11) is 1.81. The minimum atomic E-state index is 0.0157. The summed E-state index contributed by atoms with van der Waals surface area (Å²) in [5.74, 6) is 0.721. The van der Waals surface area contributed by atoms with E-state index in [1.807, 2.05) is 7.05 Å². The van der Waals surface area contributed by atoms with Crippen LogP contribution in [0.25, 0.3) is 0 Å². The highest BCUT2D eigenvalue weighted by atomic mass is 32.1. The van der Waals surface area contributed by atoms with E-state index in [0.29, 0.717) is 18.7 Å². The summed E-state index contributed by atoms with van der Waals surface area (Å²) in [6.45, 7) is 4.19. The Morgan fingerprint density at radius 2 is 2.10 bits per heavy atom. The van der Waals surface area contributed by atoms with Crippen molar-refractivity contribution in [2.75, 3.05) is 5.01 Å². The van der Waals surface area contributed by atoms with E-state index in [1.54, 1.807) is 28.3 Å². The van der Waals surface area contributed by atoms with Crippen LogP contribution in [0.15, 0.2) is 23.4 Å². The number of hydrazone groups is 1. The average Bonchev–Trinajstić information content (AvgIpc) is 2.96. The van der Waals surface area contributed by atoms with Crippen LogP contribution in [0.5, 0.6) is 0 Å². The maximum atomic E-state index is 12.1. The molecule has 2 aromatic rings. The molecular formula is C14H16N4OS. The molecule has 0 bridgehead atoms. The summed E-state index contributed by atoms with van der Waals surface area (Å²) >= 11 is 1.76. The molecule has 1 aliphatic heterocycles. The fourth-order valence-corrected chi connectivity index (χ4v) is 3.36. The molecule has 0 radical (unpaired) electrons. The van der Waals surface area contributed by atoms with Crippen molar-refractivity contribution in [1.29, 1.82) is 0 Å². The van der Waals surface area contributed by atoms with Gasteiger partial charge in [0, 0.05) is 41.3 Å². The lowest BCUT2D eigenvalue weighted by Crippen LogP contribution is -2.33. The first-order valence-electron chi connectivity index (χ1n) is 6.52. The quantitative estimate of drug-likeness (QED) is 0.853. The van der Waals surface area contributed by atoms with Crippen LogP contribution in [0.1, 0.15) is 28.2 Å². The van der Waals surface area contributed by atoms with Gasteiger partial charge in [0.25, 0.3) is 0 Å². The van der Waals surface area contributed by atoms with Gasteiger partial charge in [-0.2, -0.15) is 15.2 Å². The van der Waals surface area contributed by atoms with Gasteiger partial charge in [0.15, 0.2) is 5.82 Å². The fraction of sp³-hybridized carbons (Fsp3) is 0.357. The van der Waals surface area contributed by atoms with Crippen molar-refractivity contribution in [3.8, 4) is 0 Å². The Morgan fingerprint density at radius 1 is 1.30 bits per heavy atom. The number of amides is 1. The number of aromatic nitrogens is 2. The lowest BCUT2D eigenvalue weighted by atomic mass is 10.0. The number of anilines is 1. The lowest BCUT2D eigenvalue weighted by molar-refractivity contribution is -0.118. The van der Waals surface area contributed by atoms with E-state index in [0.717, 1.165) is 11.3 Å². The number of thiophene rings is 1. The van der Waals surface area contributed by atoms with Crippen LogP contribution >= 0.6 is 11.3 Å². The molecule has 3 rings (SSSR count). The Hall–Kier alpha value is -1.95. The van der Waals surface area contributed by atoms with E-state index in [-0.39, 0.29) is 5.91 Å². The number of rotatable bonds is 2. The third-order valence-electron chi connectivity index (χ3n) is 3.40. The van der Waals surface area contributed by atoms with Crippen LogP contribution in [0.4, 0.5) is 5.82 Å². The van der Waals surface area contributed by atoms with Gasteiger partial charge < -0.3 is 0 Å². The maximum absolute atomic E-state index is 12.1. The number of hydrogen-bond donors (Lipinski definition) is 0. The van der Waals surface area contributed by atoms with Gasteiger partial charge in [0.2, 0.25) is 5.91 Å². The molecule has 0 atom stereocenters. The van der Waals surface area contributed by atoms with Crippen LogP contribution in [-0.4, -0.2) is 21.4 Å². The third-order valence-corrected chi connectivity index (χ3v) is 4.36. The Balaban J connectivity index is 2.03. The van der Waals surface area contributed by atoms with Gasteiger partial charge in [-0.15, -0.1) is 11.3 Å². The lowest BCUT2D eigenvalue weighted by Gasteiger charge is -2.23. The molecule has 0 aliphatic carbocycles. The van der Waals surface area contributed by atoms with Crippen LogP contribution in [-0.2, 0) is 11.8 Å². The van der Waals surface area contributed by atoms with Crippen LogP contribution in [0.2, 0.25) is 0 Å². The Bertz CT molecular complexity index is 698. The zero-order valence-electron chi connectivity index (χ0n) is 11.8. The summed E-state index contributed by atoms with van der Waals surface area (Å²) < 4.78 is 1.66. The Morgan fingerprint density at radius 3 is 2.70 bits per heavy atom. The molecule has 5 nitrogen and oxygen atoms in total. The zero-order chi connectivity index (χ0) is 14.3. The number of carbonyl (C=O) groups is 1.